The van der Waals surface area contributed by atoms with E-state index < -0.39 is 68.5 Å². The Morgan fingerprint density at radius 1 is 0.983 bits per heavy atom. The molecule has 1 saturated heterocycles. The normalized spacial score (nSPS) is 25.1. The van der Waals surface area contributed by atoms with E-state index in [-0.39, 0.29) is 31.0 Å². The molecule has 2 aromatic carbocycles. The second-order valence-electron chi connectivity index (χ2n) is 15.9. The number of benzene rings is 2. The predicted molar refractivity (Wildman–Crippen MR) is 215 cm³/mol. The SMILES string of the molecule is Cn1ccc(C(=O)N[C@H]2CCCCCC=C[C@@H]3C[C@@]3(C(=O)NS(=O)(=O)C3CC3)NC(=O)[C@@H]3C[C@@H](Oc4nc5ccccc5nc4-c4cc5ccccc5o4)CN3C2=O)n1. The van der Waals surface area contributed by atoms with Gasteiger partial charge in [-0.1, -0.05) is 55.3 Å². The van der Waals surface area contributed by atoms with Crippen molar-refractivity contribution in [1.82, 2.24) is 40.0 Å². The topological polar surface area (TPSA) is 208 Å². The Kier molecular flexibility index (Phi) is 9.93. The number of carbonyl (C=O) groups is 4. The van der Waals surface area contributed by atoms with Gasteiger partial charge >= 0.3 is 0 Å². The Hall–Kier alpha value is -6.10. The minimum atomic E-state index is -3.92. The average Bonchev–Trinajstić information content (AvgIpc) is 4.04. The molecule has 9 rings (SSSR count). The van der Waals surface area contributed by atoms with Crippen LogP contribution in [0, 0.1) is 5.92 Å². The lowest BCUT2D eigenvalue weighted by molar-refractivity contribution is -0.141. The summed E-state index contributed by atoms with van der Waals surface area (Å²) in [7, 11) is -2.23. The molecule has 3 aromatic heterocycles. The summed E-state index contributed by atoms with van der Waals surface area (Å²) in [4.78, 5) is 67.7. The van der Waals surface area contributed by atoms with Crippen molar-refractivity contribution in [2.45, 2.75) is 86.8 Å². The standard InChI is InChI=1S/C42H44N8O8S/c1-49-20-19-31(47-49)37(51)44-32-15-6-4-2-3-5-12-26-23-42(26,41(54)48-59(55,56)28-17-18-28)46-38(52)33-22-27(24-50(33)40(32)53)57-39-36(43-29-13-8-9-14-30(29)45-39)35-21-25-11-7-10-16-34(25)58-35/h5,7-14,16,19-21,26-28,32-33H,2-4,6,15,17-18,22-24H2,1H3,(H,44,51)(H,46,52)(H,48,54)/t26-,27-,32+,33+,42-/m1/s1. The van der Waals surface area contributed by atoms with Gasteiger partial charge in [0, 0.05) is 31.0 Å². The lowest BCUT2D eigenvalue weighted by Gasteiger charge is -2.29. The van der Waals surface area contributed by atoms with Crippen molar-refractivity contribution in [1.29, 1.82) is 0 Å². The fraction of sp³-hybridized carbons (Fsp3) is 0.405. The Balaban J connectivity index is 1.06. The highest BCUT2D eigenvalue weighted by molar-refractivity contribution is 7.91. The van der Waals surface area contributed by atoms with Gasteiger partial charge in [0.05, 0.1) is 22.8 Å². The highest BCUT2D eigenvalue weighted by atomic mass is 32.2. The number of nitrogens with one attached hydrogen (secondary N) is 3. The lowest BCUT2D eigenvalue weighted by atomic mass is 10.0. The highest BCUT2D eigenvalue weighted by Gasteiger charge is 2.62. The molecule has 3 N–H and O–H groups in total. The van der Waals surface area contributed by atoms with Crippen molar-refractivity contribution < 1.29 is 36.7 Å². The van der Waals surface area contributed by atoms with E-state index in [1.807, 2.05) is 60.7 Å². The Bertz CT molecular complexity index is 2590. The number of hydrogen-bond donors (Lipinski definition) is 3. The summed E-state index contributed by atoms with van der Waals surface area (Å²) in [6.45, 7) is -0.0699. The summed E-state index contributed by atoms with van der Waals surface area (Å²) in [5.41, 5.74) is 0.751. The molecule has 306 valence electrons. The highest BCUT2D eigenvalue weighted by Crippen LogP contribution is 2.46. The number of para-hydroxylation sites is 3. The summed E-state index contributed by atoms with van der Waals surface area (Å²) < 4.78 is 42.4. The summed E-state index contributed by atoms with van der Waals surface area (Å²) in [6, 6.07) is 16.1. The zero-order valence-electron chi connectivity index (χ0n) is 32.4. The molecule has 0 unspecified atom stereocenters. The van der Waals surface area contributed by atoms with E-state index in [0.717, 1.165) is 18.2 Å². The minimum Gasteiger partial charge on any atom is -0.471 e. The molecule has 59 heavy (non-hydrogen) atoms. The molecule has 16 nitrogen and oxygen atoms in total. The third-order valence-corrected chi connectivity index (χ3v) is 13.4. The van der Waals surface area contributed by atoms with Crippen molar-refractivity contribution in [2.75, 3.05) is 6.54 Å². The number of amides is 4. The number of aryl methyl sites for hydroxylation is 1. The van der Waals surface area contributed by atoms with Crippen LogP contribution in [-0.4, -0.2) is 92.2 Å². The van der Waals surface area contributed by atoms with Crippen LogP contribution < -0.4 is 20.1 Å². The summed E-state index contributed by atoms with van der Waals surface area (Å²) >= 11 is 0. The Labute approximate surface area is 339 Å². The fourth-order valence-corrected chi connectivity index (χ4v) is 9.46. The minimum absolute atomic E-state index is 0.00879. The molecular weight excluding hydrogens is 777 g/mol. The lowest BCUT2D eigenvalue weighted by Crippen LogP contribution is -2.58. The van der Waals surface area contributed by atoms with Crippen LogP contribution in [-0.2, 0) is 31.5 Å². The first-order valence-corrected chi connectivity index (χ1v) is 21.6. The third-order valence-electron chi connectivity index (χ3n) is 11.6. The van der Waals surface area contributed by atoms with Crippen molar-refractivity contribution in [2.24, 2.45) is 13.0 Å². The molecule has 5 heterocycles. The number of fused-ring (bicyclic) bond motifs is 4. The molecule has 0 bridgehead atoms. The van der Waals surface area contributed by atoms with Gasteiger partial charge in [0.1, 0.15) is 35.0 Å². The summed E-state index contributed by atoms with van der Waals surface area (Å²) in [5, 5.41) is 10.2. The van der Waals surface area contributed by atoms with Crippen LogP contribution in [0.15, 0.2) is 83.4 Å². The van der Waals surface area contributed by atoms with Gasteiger partial charge in [-0.25, -0.2) is 18.4 Å². The quantitative estimate of drug-likeness (QED) is 0.191. The molecule has 0 spiro atoms. The first kappa shape index (κ1) is 38.4. The van der Waals surface area contributed by atoms with Crippen LogP contribution in [0.1, 0.15) is 68.3 Å². The number of hydrogen-bond acceptors (Lipinski definition) is 11. The van der Waals surface area contributed by atoms with Crippen LogP contribution in [0.5, 0.6) is 5.88 Å². The van der Waals surface area contributed by atoms with Crippen molar-refractivity contribution in [3.63, 3.8) is 0 Å². The molecular formula is C42H44N8O8S. The third kappa shape index (κ3) is 7.78. The number of rotatable bonds is 8. The van der Waals surface area contributed by atoms with Crippen LogP contribution in [0.25, 0.3) is 33.5 Å². The second-order valence-corrected chi connectivity index (χ2v) is 17.9. The number of ether oxygens (including phenoxy) is 1. The molecule has 5 aromatic rings. The van der Waals surface area contributed by atoms with Crippen LogP contribution in [0.3, 0.4) is 0 Å². The van der Waals surface area contributed by atoms with E-state index in [1.165, 1.54) is 9.58 Å². The fourth-order valence-electron chi connectivity index (χ4n) is 8.10. The van der Waals surface area contributed by atoms with E-state index in [0.29, 0.717) is 60.2 Å². The van der Waals surface area contributed by atoms with Gasteiger partial charge in [0.15, 0.2) is 11.5 Å². The van der Waals surface area contributed by atoms with Gasteiger partial charge in [0.25, 0.3) is 11.8 Å². The maximum atomic E-state index is 14.8. The van der Waals surface area contributed by atoms with Gasteiger partial charge in [-0.05, 0) is 68.9 Å². The van der Waals surface area contributed by atoms with Crippen molar-refractivity contribution >= 4 is 55.7 Å². The van der Waals surface area contributed by atoms with E-state index >= 15 is 0 Å². The first-order chi connectivity index (χ1) is 28.5. The molecule has 2 saturated carbocycles. The van der Waals surface area contributed by atoms with E-state index in [9.17, 15) is 27.6 Å². The maximum Gasteiger partial charge on any atom is 0.272 e. The molecule has 4 aliphatic rings. The maximum absolute atomic E-state index is 14.8. The van der Waals surface area contributed by atoms with Crippen LogP contribution >= 0.6 is 0 Å². The monoisotopic (exact) mass is 820 g/mol. The first-order valence-electron chi connectivity index (χ1n) is 20.1. The molecule has 0 radical (unpaired) electrons. The smallest absolute Gasteiger partial charge is 0.272 e. The zero-order valence-corrected chi connectivity index (χ0v) is 33.2. The van der Waals surface area contributed by atoms with Crippen molar-refractivity contribution in [3.05, 3.63) is 84.7 Å². The molecule has 17 heteroatoms. The largest absolute Gasteiger partial charge is 0.471 e. The zero-order chi connectivity index (χ0) is 40.9. The number of aromatic nitrogens is 4. The van der Waals surface area contributed by atoms with Crippen molar-refractivity contribution in [3.8, 4) is 17.3 Å². The average molecular weight is 821 g/mol. The Morgan fingerprint density at radius 2 is 1.76 bits per heavy atom. The van der Waals surface area contributed by atoms with Gasteiger partial charge in [0.2, 0.25) is 27.7 Å². The molecule has 5 atom stereocenters. The summed E-state index contributed by atoms with van der Waals surface area (Å²) in [6.07, 6.45) is 8.88. The van der Waals surface area contributed by atoms with Gasteiger partial charge in [-0.15, -0.1) is 0 Å². The van der Waals surface area contributed by atoms with E-state index in [2.05, 4.69) is 20.5 Å². The number of nitrogens with zero attached hydrogens (tertiary/aromatic N) is 5. The van der Waals surface area contributed by atoms with E-state index in [1.54, 1.807) is 25.4 Å². The number of carbonyl (C=O) groups excluding carboxylic acids is 4. The second kappa shape index (κ2) is 15.3. The molecule has 3 fully saturated rings. The Morgan fingerprint density at radius 3 is 2.53 bits per heavy atom. The van der Waals surface area contributed by atoms with Crippen LogP contribution in [0.4, 0.5) is 0 Å². The van der Waals surface area contributed by atoms with Gasteiger partial charge in [-0.2, -0.15) is 5.10 Å². The van der Waals surface area contributed by atoms with Gasteiger partial charge < -0.3 is 24.7 Å². The van der Waals surface area contributed by atoms with Gasteiger partial charge in [-0.3, -0.25) is 28.6 Å². The van der Waals surface area contributed by atoms with E-state index in [4.69, 9.17) is 19.1 Å². The summed E-state index contributed by atoms with van der Waals surface area (Å²) in [5.74, 6) is -2.38. The molecule has 2 aliphatic heterocycles. The molecule has 2 aliphatic carbocycles. The predicted octanol–water partition coefficient (Wildman–Crippen LogP) is 3.93. The number of furan rings is 1. The van der Waals surface area contributed by atoms with Crippen LogP contribution in [0.2, 0.25) is 0 Å². The number of sulfonamides is 1. The number of allylic oxidation sites excluding steroid dienone is 1. The molecule has 4 amide bonds.